The van der Waals surface area contributed by atoms with Crippen LogP contribution in [0.5, 0.6) is 17.2 Å². The first-order valence-corrected chi connectivity index (χ1v) is 6.01. The molecule has 2 aromatic rings. The fraction of sp³-hybridized carbons (Fsp3) is 0.308. The van der Waals surface area contributed by atoms with Gasteiger partial charge in [-0.25, -0.2) is 4.79 Å². The molecule has 0 fully saturated rings. The highest BCUT2D eigenvalue weighted by molar-refractivity contribution is 6.16. The van der Waals surface area contributed by atoms with Crippen LogP contribution in [0.25, 0.3) is 10.8 Å². The minimum Gasteiger partial charge on any atom is -0.493 e. The fourth-order valence-corrected chi connectivity index (χ4v) is 2.07. The number of halogens is 1. The monoisotopic (exact) mass is 284 g/mol. The molecule has 0 aliphatic heterocycles. The van der Waals surface area contributed by atoms with Crippen molar-refractivity contribution in [1.82, 2.24) is 0 Å². The van der Waals surface area contributed by atoms with Crippen molar-refractivity contribution in [3.63, 3.8) is 0 Å². The average Bonchev–Trinajstić information content (AvgIpc) is 2.44. The number of hydrogen-bond donors (Lipinski definition) is 0. The van der Waals surface area contributed by atoms with Crippen molar-refractivity contribution in [3.05, 3.63) is 28.3 Å². The molecule has 0 radical (unpaired) electrons. The van der Waals surface area contributed by atoms with E-state index in [0.717, 1.165) is 0 Å². The van der Waals surface area contributed by atoms with E-state index in [0.29, 0.717) is 28.0 Å². The number of ether oxygens (including phenoxy) is 3. The van der Waals surface area contributed by atoms with Gasteiger partial charge in [-0.15, -0.1) is 11.6 Å². The molecule has 1 heterocycles. The van der Waals surface area contributed by atoms with Crippen LogP contribution in [-0.4, -0.2) is 21.3 Å². The molecule has 5 nitrogen and oxygen atoms in total. The van der Waals surface area contributed by atoms with E-state index in [-0.39, 0.29) is 11.6 Å². The van der Waals surface area contributed by atoms with Gasteiger partial charge in [0.05, 0.1) is 27.2 Å². The van der Waals surface area contributed by atoms with Gasteiger partial charge in [0.25, 0.3) is 0 Å². The molecule has 0 atom stereocenters. The summed E-state index contributed by atoms with van der Waals surface area (Å²) in [6, 6.07) is 3.36. The van der Waals surface area contributed by atoms with Crippen molar-refractivity contribution in [1.29, 1.82) is 0 Å². The summed E-state index contributed by atoms with van der Waals surface area (Å²) < 4.78 is 20.8. The predicted octanol–water partition coefficient (Wildman–Crippen LogP) is 2.56. The molecule has 0 spiro atoms. The van der Waals surface area contributed by atoms with Crippen molar-refractivity contribution in [3.8, 4) is 17.2 Å². The third-order valence-corrected chi connectivity index (χ3v) is 3.00. The first-order valence-electron chi connectivity index (χ1n) is 5.48. The van der Waals surface area contributed by atoms with Gasteiger partial charge in [0, 0.05) is 5.39 Å². The maximum Gasteiger partial charge on any atom is 0.347 e. The number of alkyl halides is 1. The van der Waals surface area contributed by atoms with Crippen LogP contribution in [0.1, 0.15) is 5.76 Å². The Morgan fingerprint density at radius 1 is 1.11 bits per heavy atom. The summed E-state index contributed by atoms with van der Waals surface area (Å²) in [4.78, 5) is 12.0. The summed E-state index contributed by atoms with van der Waals surface area (Å²) >= 11 is 5.69. The predicted molar refractivity (Wildman–Crippen MR) is 71.7 cm³/mol. The zero-order chi connectivity index (χ0) is 14.0. The van der Waals surface area contributed by atoms with Gasteiger partial charge >= 0.3 is 5.63 Å². The third-order valence-electron chi connectivity index (χ3n) is 2.74. The Balaban J connectivity index is 2.92. The summed E-state index contributed by atoms with van der Waals surface area (Å²) in [6.45, 7) is 0. The Bertz CT molecular complexity index is 662. The molecule has 0 saturated heterocycles. The molecule has 0 bridgehead atoms. The number of hydrogen-bond acceptors (Lipinski definition) is 5. The minimum atomic E-state index is -0.522. The second kappa shape index (κ2) is 5.40. The Hall–Kier alpha value is -1.88. The molecule has 1 aromatic heterocycles. The zero-order valence-corrected chi connectivity index (χ0v) is 11.5. The molecule has 6 heteroatoms. The van der Waals surface area contributed by atoms with E-state index in [9.17, 15) is 4.79 Å². The smallest absolute Gasteiger partial charge is 0.347 e. The summed E-state index contributed by atoms with van der Waals surface area (Å²) in [5.74, 6) is 1.60. The van der Waals surface area contributed by atoms with Gasteiger partial charge < -0.3 is 18.6 Å². The molecular formula is C13H13ClO5. The molecular weight excluding hydrogens is 272 g/mol. The lowest BCUT2D eigenvalue weighted by Crippen LogP contribution is -2.05. The van der Waals surface area contributed by atoms with Crippen molar-refractivity contribution >= 4 is 22.4 Å². The van der Waals surface area contributed by atoms with E-state index < -0.39 is 5.63 Å². The van der Waals surface area contributed by atoms with Crippen molar-refractivity contribution in [2.24, 2.45) is 0 Å². The van der Waals surface area contributed by atoms with E-state index >= 15 is 0 Å². The van der Waals surface area contributed by atoms with Gasteiger partial charge in [0.15, 0.2) is 11.5 Å². The standard InChI is InChI=1S/C13H13ClO5/c1-16-9-5-7-4-8(6-14)19-13(15)10(7)12(18-3)11(9)17-2/h4-5H,6H2,1-3H3. The van der Waals surface area contributed by atoms with E-state index in [1.54, 1.807) is 12.1 Å². The van der Waals surface area contributed by atoms with Crippen molar-refractivity contribution < 1.29 is 18.6 Å². The highest BCUT2D eigenvalue weighted by atomic mass is 35.5. The molecule has 0 saturated carbocycles. The molecule has 0 aliphatic carbocycles. The highest BCUT2D eigenvalue weighted by Gasteiger charge is 2.19. The Morgan fingerprint density at radius 2 is 1.79 bits per heavy atom. The van der Waals surface area contributed by atoms with Crippen LogP contribution in [0, 0.1) is 0 Å². The zero-order valence-electron chi connectivity index (χ0n) is 10.8. The number of methoxy groups -OCH3 is 3. The van der Waals surface area contributed by atoms with Gasteiger partial charge in [-0.05, 0) is 12.1 Å². The number of fused-ring (bicyclic) bond motifs is 1. The third kappa shape index (κ3) is 2.21. The summed E-state index contributed by atoms with van der Waals surface area (Å²) in [6.07, 6.45) is 0. The SMILES string of the molecule is COc1cc2cc(CCl)oc(=O)c2c(OC)c1OC. The summed E-state index contributed by atoms with van der Waals surface area (Å²) in [7, 11) is 4.43. The van der Waals surface area contributed by atoms with Crippen LogP contribution in [0.15, 0.2) is 21.3 Å². The largest absolute Gasteiger partial charge is 0.493 e. The Morgan fingerprint density at radius 3 is 2.32 bits per heavy atom. The Kier molecular flexibility index (Phi) is 3.85. The maximum absolute atomic E-state index is 12.0. The fourth-order valence-electron chi connectivity index (χ4n) is 1.94. The van der Waals surface area contributed by atoms with E-state index in [1.807, 2.05) is 0 Å². The average molecular weight is 285 g/mol. The van der Waals surface area contributed by atoms with Crippen LogP contribution in [0.3, 0.4) is 0 Å². The number of benzene rings is 1. The van der Waals surface area contributed by atoms with Crippen LogP contribution in [0.2, 0.25) is 0 Å². The first-order chi connectivity index (χ1) is 9.15. The van der Waals surface area contributed by atoms with Gasteiger partial charge in [-0.1, -0.05) is 0 Å². The lowest BCUT2D eigenvalue weighted by atomic mass is 10.1. The van der Waals surface area contributed by atoms with Crippen LogP contribution in [-0.2, 0) is 5.88 Å². The van der Waals surface area contributed by atoms with E-state index in [2.05, 4.69) is 0 Å². The second-order valence-electron chi connectivity index (χ2n) is 3.74. The van der Waals surface area contributed by atoms with Crippen LogP contribution < -0.4 is 19.8 Å². The van der Waals surface area contributed by atoms with Gasteiger partial charge in [0.1, 0.15) is 11.1 Å². The Labute approximate surface area is 114 Å². The molecule has 0 aliphatic rings. The maximum atomic E-state index is 12.0. The summed E-state index contributed by atoms with van der Waals surface area (Å²) in [5.41, 5.74) is -0.522. The van der Waals surface area contributed by atoms with Crippen molar-refractivity contribution in [2.75, 3.05) is 21.3 Å². The van der Waals surface area contributed by atoms with Gasteiger partial charge in [0.2, 0.25) is 5.75 Å². The van der Waals surface area contributed by atoms with Crippen molar-refractivity contribution in [2.45, 2.75) is 5.88 Å². The normalized spacial score (nSPS) is 10.5. The van der Waals surface area contributed by atoms with E-state index in [1.165, 1.54) is 21.3 Å². The van der Waals surface area contributed by atoms with Gasteiger partial charge in [-0.2, -0.15) is 0 Å². The minimum absolute atomic E-state index is 0.113. The molecule has 1 aromatic carbocycles. The molecule has 19 heavy (non-hydrogen) atoms. The lowest BCUT2D eigenvalue weighted by molar-refractivity contribution is 0.326. The lowest BCUT2D eigenvalue weighted by Gasteiger charge is -2.14. The van der Waals surface area contributed by atoms with Crippen LogP contribution in [0.4, 0.5) is 0 Å². The van der Waals surface area contributed by atoms with Gasteiger partial charge in [-0.3, -0.25) is 0 Å². The summed E-state index contributed by atoms with van der Waals surface area (Å²) in [5, 5.41) is 0.926. The van der Waals surface area contributed by atoms with E-state index in [4.69, 9.17) is 30.2 Å². The topological polar surface area (TPSA) is 57.9 Å². The molecule has 0 N–H and O–H groups in total. The van der Waals surface area contributed by atoms with Crippen LogP contribution >= 0.6 is 11.6 Å². The molecule has 2 rings (SSSR count). The second-order valence-corrected chi connectivity index (χ2v) is 4.01. The quantitative estimate of drug-likeness (QED) is 0.808. The number of rotatable bonds is 4. The molecule has 0 amide bonds. The highest BCUT2D eigenvalue weighted by Crippen LogP contribution is 2.42. The molecule has 0 unspecified atom stereocenters. The molecule has 102 valence electrons. The first kappa shape index (κ1) is 13.5.